The Kier molecular flexibility index (Phi) is 6.52. The number of thiophene rings is 2. The zero-order valence-corrected chi connectivity index (χ0v) is 20.0. The van der Waals surface area contributed by atoms with Gasteiger partial charge < -0.3 is 10.1 Å². The van der Waals surface area contributed by atoms with E-state index in [4.69, 9.17) is 4.74 Å². The fourth-order valence-electron chi connectivity index (χ4n) is 4.27. The highest BCUT2D eigenvalue weighted by Crippen LogP contribution is 2.40. The molecule has 4 rings (SSSR count). The quantitative estimate of drug-likeness (QED) is 0.655. The summed E-state index contributed by atoms with van der Waals surface area (Å²) in [6, 6.07) is 3.32. The Hall–Kier alpha value is -1.75. The molecular weight excluding hydrogens is 456 g/mol. The summed E-state index contributed by atoms with van der Waals surface area (Å²) >= 11 is 2.67. The van der Waals surface area contributed by atoms with Crippen molar-refractivity contribution in [3.63, 3.8) is 0 Å². The molecule has 168 valence electrons. The second-order valence-corrected chi connectivity index (χ2v) is 12.4. The third-order valence-electron chi connectivity index (χ3n) is 6.05. The predicted octanol–water partition coefficient (Wildman–Crippen LogP) is 3.76. The molecule has 1 unspecified atom stereocenters. The van der Waals surface area contributed by atoms with Crippen LogP contribution in [0, 0.1) is 11.8 Å². The van der Waals surface area contributed by atoms with E-state index in [0.717, 1.165) is 29.7 Å². The molecule has 7 nitrogen and oxygen atoms in total. The summed E-state index contributed by atoms with van der Waals surface area (Å²) in [6.07, 6.45) is 3.63. The molecule has 2 aromatic heterocycles. The Morgan fingerprint density at radius 1 is 1.23 bits per heavy atom. The van der Waals surface area contributed by atoms with Gasteiger partial charge in [-0.1, -0.05) is 13.0 Å². The summed E-state index contributed by atoms with van der Waals surface area (Å²) < 4.78 is 32.2. The highest BCUT2D eigenvalue weighted by atomic mass is 32.2. The molecule has 10 heteroatoms. The molecule has 0 bridgehead atoms. The van der Waals surface area contributed by atoms with Crippen LogP contribution in [0.4, 0.5) is 5.00 Å². The van der Waals surface area contributed by atoms with E-state index >= 15 is 0 Å². The molecule has 3 heterocycles. The van der Waals surface area contributed by atoms with Crippen LogP contribution >= 0.6 is 22.7 Å². The van der Waals surface area contributed by atoms with Gasteiger partial charge in [-0.15, -0.1) is 22.7 Å². The predicted molar refractivity (Wildman–Crippen MR) is 121 cm³/mol. The Labute approximate surface area is 190 Å². The number of amides is 1. The Morgan fingerprint density at radius 3 is 2.61 bits per heavy atom. The van der Waals surface area contributed by atoms with Gasteiger partial charge in [0.05, 0.1) is 12.7 Å². The highest BCUT2D eigenvalue weighted by molar-refractivity contribution is 7.91. The molecule has 1 aliphatic heterocycles. The number of carbonyl (C=O) groups is 2. The van der Waals surface area contributed by atoms with Crippen LogP contribution in [0.5, 0.6) is 0 Å². The van der Waals surface area contributed by atoms with E-state index in [1.807, 2.05) is 0 Å². The van der Waals surface area contributed by atoms with E-state index in [9.17, 15) is 18.0 Å². The normalized spacial score (nSPS) is 20.3. The molecular formula is C21H26N2O5S3. The van der Waals surface area contributed by atoms with Gasteiger partial charge in [-0.05, 0) is 55.0 Å². The zero-order valence-electron chi connectivity index (χ0n) is 17.5. The number of nitrogens with one attached hydrogen (secondary N) is 1. The molecule has 0 spiro atoms. The van der Waals surface area contributed by atoms with Crippen molar-refractivity contribution >= 4 is 49.6 Å². The number of esters is 1. The van der Waals surface area contributed by atoms with Gasteiger partial charge in [0.25, 0.3) is 10.0 Å². The van der Waals surface area contributed by atoms with Gasteiger partial charge in [0.2, 0.25) is 5.91 Å². The molecule has 2 aliphatic rings. The first-order valence-electron chi connectivity index (χ1n) is 10.4. The van der Waals surface area contributed by atoms with E-state index in [1.165, 1.54) is 34.1 Å². The van der Waals surface area contributed by atoms with E-state index in [1.54, 1.807) is 17.5 Å². The molecule has 2 aromatic rings. The summed E-state index contributed by atoms with van der Waals surface area (Å²) in [6.45, 7) is 2.80. The van der Waals surface area contributed by atoms with Crippen molar-refractivity contribution in [3.05, 3.63) is 33.5 Å². The van der Waals surface area contributed by atoms with E-state index in [2.05, 4.69) is 12.2 Å². The average molecular weight is 483 g/mol. The van der Waals surface area contributed by atoms with E-state index in [0.29, 0.717) is 46.6 Å². The van der Waals surface area contributed by atoms with Gasteiger partial charge in [0.15, 0.2) is 0 Å². The van der Waals surface area contributed by atoms with Crippen molar-refractivity contribution < 1.29 is 22.7 Å². The van der Waals surface area contributed by atoms with Crippen molar-refractivity contribution in [2.75, 3.05) is 25.5 Å². The van der Waals surface area contributed by atoms with Crippen LogP contribution in [-0.2, 0) is 32.4 Å². The minimum absolute atomic E-state index is 0.162. The second kappa shape index (κ2) is 9.01. The largest absolute Gasteiger partial charge is 0.465 e. The fraction of sp³-hybridized carbons (Fsp3) is 0.524. The van der Waals surface area contributed by atoms with Crippen LogP contribution in [0.3, 0.4) is 0 Å². The SMILES string of the molecule is COC(=O)c1c(NC(=O)C2CCN(S(=O)(=O)c3cccs3)CC2)sc2c1CCC(C)C2. The zero-order chi connectivity index (χ0) is 22.2. The van der Waals surface area contributed by atoms with Crippen LogP contribution in [0.25, 0.3) is 0 Å². The number of rotatable bonds is 5. The smallest absolute Gasteiger partial charge is 0.341 e. The number of carbonyl (C=O) groups excluding carboxylic acids is 2. The second-order valence-electron chi connectivity index (χ2n) is 8.15. The van der Waals surface area contributed by atoms with Gasteiger partial charge in [-0.3, -0.25) is 4.79 Å². The highest BCUT2D eigenvalue weighted by Gasteiger charge is 2.34. The Balaban J connectivity index is 1.46. The number of nitrogens with zero attached hydrogens (tertiary/aromatic N) is 1. The van der Waals surface area contributed by atoms with Gasteiger partial charge in [-0.2, -0.15) is 4.31 Å². The molecule has 31 heavy (non-hydrogen) atoms. The van der Waals surface area contributed by atoms with Gasteiger partial charge in [0, 0.05) is 23.9 Å². The fourth-order valence-corrected chi connectivity index (χ4v) is 8.28. The summed E-state index contributed by atoms with van der Waals surface area (Å²) in [5, 5.41) is 5.26. The minimum atomic E-state index is -3.49. The van der Waals surface area contributed by atoms with Crippen molar-refractivity contribution in [2.24, 2.45) is 11.8 Å². The molecule has 1 amide bonds. The van der Waals surface area contributed by atoms with E-state index < -0.39 is 16.0 Å². The maximum atomic E-state index is 13.0. The van der Waals surface area contributed by atoms with Gasteiger partial charge >= 0.3 is 5.97 Å². The first kappa shape index (κ1) is 22.4. The average Bonchev–Trinajstić information content (AvgIpc) is 3.41. The number of sulfonamides is 1. The van der Waals surface area contributed by atoms with Gasteiger partial charge in [-0.25, -0.2) is 13.2 Å². The number of hydrogen-bond acceptors (Lipinski definition) is 7. The van der Waals surface area contributed by atoms with Crippen LogP contribution in [0.2, 0.25) is 0 Å². The van der Waals surface area contributed by atoms with Crippen molar-refractivity contribution in [1.82, 2.24) is 4.31 Å². The summed E-state index contributed by atoms with van der Waals surface area (Å²) in [5.41, 5.74) is 1.49. The molecule has 0 radical (unpaired) electrons. The lowest BCUT2D eigenvalue weighted by molar-refractivity contribution is -0.120. The van der Waals surface area contributed by atoms with E-state index in [-0.39, 0.29) is 11.8 Å². The van der Waals surface area contributed by atoms with Crippen molar-refractivity contribution in [2.45, 2.75) is 43.2 Å². The maximum absolute atomic E-state index is 13.0. The summed E-state index contributed by atoms with van der Waals surface area (Å²) in [5.74, 6) is -0.322. The number of ether oxygens (including phenoxy) is 1. The molecule has 1 saturated heterocycles. The molecule has 0 aromatic carbocycles. The number of piperidine rings is 1. The number of hydrogen-bond donors (Lipinski definition) is 1. The lowest BCUT2D eigenvalue weighted by atomic mass is 9.88. The Morgan fingerprint density at radius 2 is 1.97 bits per heavy atom. The number of methoxy groups -OCH3 is 1. The molecule has 0 saturated carbocycles. The van der Waals surface area contributed by atoms with Crippen LogP contribution in [0.1, 0.15) is 47.0 Å². The monoisotopic (exact) mass is 482 g/mol. The standard InChI is InChI=1S/C21H26N2O5S3/c1-13-5-6-15-16(12-13)30-20(18(15)21(25)28-2)22-19(24)14-7-9-23(10-8-14)31(26,27)17-4-3-11-29-17/h3-4,11,13-14H,5-10,12H2,1-2H3,(H,22,24). The third kappa shape index (κ3) is 4.44. The topological polar surface area (TPSA) is 92.8 Å². The van der Waals surface area contributed by atoms with Crippen LogP contribution in [0.15, 0.2) is 21.7 Å². The number of fused-ring (bicyclic) bond motifs is 1. The molecule has 1 aliphatic carbocycles. The third-order valence-corrected chi connectivity index (χ3v) is 10.5. The summed E-state index contributed by atoms with van der Waals surface area (Å²) in [7, 11) is -2.14. The maximum Gasteiger partial charge on any atom is 0.341 e. The first-order chi connectivity index (χ1) is 14.8. The van der Waals surface area contributed by atoms with Crippen molar-refractivity contribution in [3.8, 4) is 0 Å². The minimum Gasteiger partial charge on any atom is -0.465 e. The lowest BCUT2D eigenvalue weighted by Crippen LogP contribution is -2.41. The summed E-state index contributed by atoms with van der Waals surface area (Å²) in [4.78, 5) is 26.5. The van der Waals surface area contributed by atoms with Crippen LogP contribution < -0.4 is 5.32 Å². The molecule has 1 atom stereocenters. The lowest BCUT2D eigenvalue weighted by Gasteiger charge is -2.30. The van der Waals surface area contributed by atoms with Gasteiger partial charge in [0.1, 0.15) is 9.21 Å². The van der Waals surface area contributed by atoms with Crippen molar-refractivity contribution in [1.29, 1.82) is 0 Å². The van der Waals surface area contributed by atoms with Crippen LogP contribution in [-0.4, -0.2) is 44.8 Å². The molecule has 1 fully saturated rings. The molecule has 1 N–H and O–H groups in total. The number of anilines is 1. The first-order valence-corrected chi connectivity index (χ1v) is 13.5. The Bertz CT molecular complexity index is 1070.